The number of aryl methyl sites for hydroxylation is 1. The Morgan fingerprint density at radius 2 is 1.68 bits per heavy atom. The maximum atomic E-state index is 6.42. The Bertz CT molecular complexity index is 767. The summed E-state index contributed by atoms with van der Waals surface area (Å²) in [6.07, 6.45) is 0. The summed E-state index contributed by atoms with van der Waals surface area (Å²) in [5.74, 6) is 0.762. The fourth-order valence-corrected chi connectivity index (χ4v) is 3.50. The topological polar surface area (TPSA) is 17.8 Å². The fourth-order valence-electron chi connectivity index (χ4n) is 2.19. The van der Waals surface area contributed by atoms with Crippen LogP contribution in [0.1, 0.15) is 5.56 Å². The molecule has 0 amide bonds. The summed E-state index contributed by atoms with van der Waals surface area (Å²) in [7, 11) is 1.87. The molecule has 1 aromatic heterocycles. The second-order valence-corrected chi connectivity index (χ2v) is 6.69. The molecule has 0 aliphatic carbocycles. The zero-order valence-corrected chi connectivity index (χ0v) is 14.3. The van der Waals surface area contributed by atoms with Crippen LogP contribution in [0.5, 0.6) is 0 Å². The summed E-state index contributed by atoms with van der Waals surface area (Å²) in [6, 6.07) is 17.9. The normalized spacial score (nSPS) is 10.9. The molecule has 2 aromatic carbocycles. The quantitative estimate of drug-likeness (QED) is 0.564. The molecule has 0 spiro atoms. The molecular weight excluding hydrogens is 335 g/mol. The highest BCUT2D eigenvalue weighted by Crippen LogP contribution is 2.33. The summed E-state index contributed by atoms with van der Waals surface area (Å²) in [5, 5.41) is 5.98. The molecule has 0 radical (unpaired) electrons. The Labute approximate surface area is 144 Å². The number of thioether (sulfide) groups is 1. The molecule has 0 saturated carbocycles. The lowest BCUT2D eigenvalue weighted by molar-refractivity contribution is 0.771. The minimum atomic E-state index is 0.681. The number of aromatic nitrogens is 2. The molecule has 112 valence electrons. The van der Waals surface area contributed by atoms with Crippen LogP contribution in [0.3, 0.4) is 0 Å². The van der Waals surface area contributed by atoms with Crippen molar-refractivity contribution < 1.29 is 0 Å². The van der Waals surface area contributed by atoms with Crippen molar-refractivity contribution in [2.45, 2.75) is 10.6 Å². The number of rotatable bonds is 4. The van der Waals surface area contributed by atoms with E-state index in [4.69, 9.17) is 23.2 Å². The maximum Gasteiger partial charge on any atom is 0.131 e. The third-order valence-electron chi connectivity index (χ3n) is 3.31. The Morgan fingerprint density at radius 1 is 1.00 bits per heavy atom. The van der Waals surface area contributed by atoms with Crippen LogP contribution in [-0.2, 0) is 12.8 Å². The molecule has 0 unspecified atom stereocenters. The van der Waals surface area contributed by atoms with Crippen LogP contribution in [0.15, 0.2) is 59.5 Å². The van der Waals surface area contributed by atoms with Crippen molar-refractivity contribution in [3.05, 3.63) is 70.3 Å². The average molecular weight is 349 g/mol. The molecule has 3 aromatic rings. The van der Waals surface area contributed by atoms with Crippen LogP contribution >= 0.6 is 35.0 Å². The van der Waals surface area contributed by atoms with Gasteiger partial charge in [-0.3, -0.25) is 4.68 Å². The van der Waals surface area contributed by atoms with Gasteiger partial charge in [0.05, 0.1) is 5.69 Å². The highest BCUT2D eigenvalue weighted by Gasteiger charge is 2.16. The molecule has 3 rings (SSSR count). The van der Waals surface area contributed by atoms with E-state index in [0.717, 1.165) is 32.5 Å². The summed E-state index contributed by atoms with van der Waals surface area (Å²) in [5.41, 5.74) is 3.07. The van der Waals surface area contributed by atoms with E-state index in [0.29, 0.717) is 5.15 Å². The van der Waals surface area contributed by atoms with Gasteiger partial charge in [0.1, 0.15) is 5.15 Å². The molecular formula is C17H14Cl2N2S. The first-order valence-corrected chi connectivity index (χ1v) is 8.54. The van der Waals surface area contributed by atoms with Crippen LogP contribution in [0.25, 0.3) is 11.3 Å². The van der Waals surface area contributed by atoms with E-state index in [-0.39, 0.29) is 0 Å². The Balaban J connectivity index is 1.88. The van der Waals surface area contributed by atoms with Gasteiger partial charge in [-0.2, -0.15) is 5.10 Å². The van der Waals surface area contributed by atoms with E-state index < -0.39 is 0 Å². The van der Waals surface area contributed by atoms with Crippen LogP contribution in [-0.4, -0.2) is 9.78 Å². The lowest BCUT2D eigenvalue weighted by atomic mass is 10.1. The molecule has 0 aliphatic heterocycles. The summed E-state index contributed by atoms with van der Waals surface area (Å²) < 4.78 is 1.72. The minimum absolute atomic E-state index is 0.681. The van der Waals surface area contributed by atoms with Gasteiger partial charge in [0, 0.05) is 33.8 Å². The van der Waals surface area contributed by atoms with Crippen LogP contribution < -0.4 is 0 Å². The molecule has 2 nitrogen and oxygen atoms in total. The van der Waals surface area contributed by atoms with Crippen LogP contribution in [0, 0.1) is 0 Å². The van der Waals surface area contributed by atoms with Gasteiger partial charge in [-0.15, -0.1) is 11.8 Å². The van der Waals surface area contributed by atoms with Crippen LogP contribution in [0.4, 0.5) is 0 Å². The number of halogens is 2. The van der Waals surface area contributed by atoms with E-state index in [1.807, 2.05) is 49.5 Å². The Kier molecular flexibility index (Phi) is 4.77. The zero-order chi connectivity index (χ0) is 15.5. The second-order valence-electron chi connectivity index (χ2n) is 4.85. The number of hydrogen-bond acceptors (Lipinski definition) is 2. The van der Waals surface area contributed by atoms with Gasteiger partial charge in [0.2, 0.25) is 0 Å². The van der Waals surface area contributed by atoms with Crippen LogP contribution in [0.2, 0.25) is 10.2 Å². The van der Waals surface area contributed by atoms with Gasteiger partial charge in [0.25, 0.3) is 0 Å². The molecule has 22 heavy (non-hydrogen) atoms. The molecule has 1 heterocycles. The lowest BCUT2D eigenvalue weighted by Crippen LogP contribution is -1.89. The predicted molar refractivity (Wildman–Crippen MR) is 94.7 cm³/mol. The van der Waals surface area contributed by atoms with Gasteiger partial charge in [0.15, 0.2) is 0 Å². The average Bonchev–Trinajstić information content (AvgIpc) is 2.83. The SMILES string of the molecule is Cn1nc(-c2ccccc2)c(CSc2ccc(Cl)cc2)c1Cl. The lowest BCUT2D eigenvalue weighted by Gasteiger charge is -2.04. The van der Waals surface area contributed by atoms with Crippen molar-refractivity contribution in [1.29, 1.82) is 0 Å². The van der Waals surface area contributed by atoms with Gasteiger partial charge < -0.3 is 0 Å². The largest absolute Gasteiger partial charge is 0.256 e. The third-order valence-corrected chi connectivity index (χ3v) is 5.08. The van der Waals surface area contributed by atoms with Crippen molar-refractivity contribution >= 4 is 35.0 Å². The molecule has 5 heteroatoms. The first-order chi connectivity index (χ1) is 10.6. The van der Waals surface area contributed by atoms with E-state index in [1.165, 1.54) is 0 Å². The van der Waals surface area contributed by atoms with Gasteiger partial charge in [-0.25, -0.2) is 0 Å². The van der Waals surface area contributed by atoms with Crippen molar-refractivity contribution in [2.75, 3.05) is 0 Å². The third kappa shape index (κ3) is 3.32. The summed E-state index contributed by atoms with van der Waals surface area (Å²) in [6.45, 7) is 0. The molecule has 0 bridgehead atoms. The van der Waals surface area contributed by atoms with Gasteiger partial charge >= 0.3 is 0 Å². The van der Waals surface area contributed by atoms with E-state index in [1.54, 1.807) is 16.4 Å². The van der Waals surface area contributed by atoms with Crippen molar-refractivity contribution in [1.82, 2.24) is 9.78 Å². The molecule has 0 saturated heterocycles. The molecule has 0 N–H and O–H groups in total. The Hall–Kier alpha value is -1.42. The highest BCUT2D eigenvalue weighted by molar-refractivity contribution is 7.98. The second kappa shape index (κ2) is 6.78. The molecule has 0 atom stereocenters. The number of benzene rings is 2. The smallest absolute Gasteiger partial charge is 0.131 e. The summed E-state index contributed by atoms with van der Waals surface area (Å²) >= 11 is 14.1. The maximum absolute atomic E-state index is 6.42. The minimum Gasteiger partial charge on any atom is -0.256 e. The number of nitrogens with zero attached hydrogens (tertiary/aromatic N) is 2. The van der Waals surface area contributed by atoms with E-state index in [9.17, 15) is 0 Å². The summed E-state index contributed by atoms with van der Waals surface area (Å²) in [4.78, 5) is 1.16. The standard InChI is InChI=1S/C17H14Cl2N2S/c1-21-17(19)15(11-22-14-9-7-13(18)8-10-14)16(20-21)12-5-3-2-4-6-12/h2-10H,11H2,1H3. The fraction of sp³-hybridized carbons (Fsp3) is 0.118. The number of hydrogen-bond donors (Lipinski definition) is 0. The molecule has 0 fully saturated rings. The van der Waals surface area contributed by atoms with Crippen molar-refractivity contribution in [3.8, 4) is 11.3 Å². The monoisotopic (exact) mass is 348 g/mol. The first-order valence-electron chi connectivity index (χ1n) is 6.80. The molecule has 0 aliphatic rings. The zero-order valence-electron chi connectivity index (χ0n) is 12.0. The highest BCUT2D eigenvalue weighted by atomic mass is 35.5. The van der Waals surface area contributed by atoms with Crippen molar-refractivity contribution in [2.24, 2.45) is 7.05 Å². The first kappa shape index (κ1) is 15.5. The Morgan fingerprint density at radius 3 is 2.36 bits per heavy atom. The van der Waals surface area contributed by atoms with E-state index >= 15 is 0 Å². The van der Waals surface area contributed by atoms with Gasteiger partial charge in [-0.1, -0.05) is 53.5 Å². The predicted octanol–water partition coefficient (Wildman–Crippen LogP) is 5.69. The van der Waals surface area contributed by atoms with E-state index in [2.05, 4.69) is 17.2 Å². The van der Waals surface area contributed by atoms with Crippen molar-refractivity contribution in [3.63, 3.8) is 0 Å². The van der Waals surface area contributed by atoms with Gasteiger partial charge in [-0.05, 0) is 24.3 Å².